The Morgan fingerprint density at radius 2 is 0.980 bits per heavy atom. The largest absolute Gasteiger partial charge is 0.309 e. The fraction of sp³-hybridized carbons (Fsp3) is 0. The van der Waals surface area contributed by atoms with Crippen LogP contribution in [0.2, 0.25) is 0 Å². The Morgan fingerprint density at radius 1 is 0.360 bits per heavy atom. The number of nitrogens with zero attached hydrogens (tertiary/aromatic N) is 3. The molecule has 0 saturated carbocycles. The molecule has 0 unspecified atom stereocenters. The van der Waals surface area contributed by atoms with Gasteiger partial charge in [-0.25, -0.2) is 9.97 Å². The van der Waals surface area contributed by atoms with E-state index in [2.05, 4.69) is 174 Å². The zero-order valence-corrected chi connectivity index (χ0v) is 27.8. The fourth-order valence-corrected chi connectivity index (χ4v) is 8.36. The van der Waals surface area contributed by atoms with Crippen LogP contribution in [0, 0.1) is 0 Å². The quantitative estimate of drug-likeness (QED) is 0.185. The van der Waals surface area contributed by atoms with Crippen molar-refractivity contribution in [2.75, 3.05) is 0 Å². The molecular formula is C46H29N3S. The minimum Gasteiger partial charge on any atom is -0.309 e. The van der Waals surface area contributed by atoms with Crippen molar-refractivity contribution >= 4 is 53.3 Å². The van der Waals surface area contributed by atoms with Gasteiger partial charge in [0.25, 0.3) is 0 Å². The van der Waals surface area contributed by atoms with Gasteiger partial charge in [0.05, 0.1) is 22.4 Å². The van der Waals surface area contributed by atoms with E-state index in [9.17, 15) is 0 Å². The molecular weight excluding hydrogens is 627 g/mol. The van der Waals surface area contributed by atoms with Crippen molar-refractivity contribution in [3.63, 3.8) is 0 Å². The molecule has 234 valence electrons. The van der Waals surface area contributed by atoms with Gasteiger partial charge in [0.1, 0.15) is 0 Å². The summed E-state index contributed by atoms with van der Waals surface area (Å²) in [5, 5.41) is 5.05. The van der Waals surface area contributed by atoms with Crippen LogP contribution < -0.4 is 0 Å². The highest BCUT2D eigenvalue weighted by Crippen LogP contribution is 2.38. The molecule has 0 amide bonds. The average molecular weight is 656 g/mol. The van der Waals surface area contributed by atoms with Crippen LogP contribution in [0.1, 0.15) is 0 Å². The van der Waals surface area contributed by atoms with Gasteiger partial charge in [0.2, 0.25) is 0 Å². The van der Waals surface area contributed by atoms with E-state index < -0.39 is 0 Å². The first-order valence-electron chi connectivity index (χ1n) is 16.8. The lowest BCUT2D eigenvalue weighted by Gasteiger charge is -2.11. The number of thiophene rings is 1. The van der Waals surface area contributed by atoms with Crippen molar-refractivity contribution in [3.8, 4) is 50.7 Å². The Hall–Kier alpha value is -6.36. The molecule has 10 aromatic rings. The van der Waals surface area contributed by atoms with Gasteiger partial charge in [-0.1, -0.05) is 121 Å². The Kier molecular flexibility index (Phi) is 6.68. The van der Waals surface area contributed by atoms with Crippen LogP contribution in [-0.2, 0) is 0 Å². The van der Waals surface area contributed by atoms with E-state index in [1.54, 1.807) is 0 Å². The summed E-state index contributed by atoms with van der Waals surface area (Å²) in [5.74, 6) is 0.710. The van der Waals surface area contributed by atoms with Crippen LogP contribution >= 0.6 is 11.3 Å². The standard InChI is InChI=1S/C46H29N3S/c1-3-12-30(13-4-1)40-29-41(33-22-24-38-37-19-8-10-21-44(37)50-45(38)28-33)48-46(47-40)34-15-11-14-31(26-34)32-23-25-43-39(27-32)36-18-7-9-20-42(36)49(43)35-16-5-2-6-17-35/h1-29H. The summed E-state index contributed by atoms with van der Waals surface area (Å²) >= 11 is 1.83. The molecule has 7 aromatic carbocycles. The monoisotopic (exact) mass is 655 g/mol. The van der Waals surface area contributed by atoms with E-state index in [-0.39, 0.29) is 0 Å². The third-order valence-corrected chi connectivity index (χ3v) is 10.7. The Bertz CT molecular complexity index is 2870. The predicted molar refractivity (Wildman–Crippen MR) is 211 cm³/mol. The first-order valence-corrected chi connectivity index (χ1v) is 17.6. The van der Waals surface area contributed by atoms with E-state index in [0.29, 0.717) is 5.82 Å². The molecule has 0 radical (unpaired) electrons. The molecule has 3 aromatic heterocycles. The minimum atomic E-state index is 0.710. The van der Waals surface area contributed by atoms with E-state index in [0.717, 1.165) is 44.9 Å². The maximum Gasteiger partial charge on any atom is 0.160 e. The lowest BCUT2D eigenvalue weighted by molar-refractivity contribution is 1.18. The van der Waals surface area contributed by atoms with Crippen molar-refractivity contribution < 1.29 is 0 Å². The van der Waals surface area contributed by atoms with Gasteiger partial charge in [0.15, 0.2) is 5.82 Å². The molecule has 0 fully saturated rings. The second kappa shape index (κ2) is 11.7. The maximum absolute atomic E-state index is 5.21. The smallest absolute Gasteiger partial charge is 0.160 e. The fourth-order valence-electron chi connectivity index (χ4n) is 7.21. The van der Waals surface area contributed by atoms with Gasteiger partial charge < -0.3 is 4.57 Å². The van der Waals surface area contributed by atoms with E-state index in [1.165, 1.54) is 42.0 Å². The summed E-state index contributed by atoms with van der Waals surface area (Å²) < 4.78 is 4.91. The summed E-state index contributed by atoms with van der Waals surface area (Å²) in [6, 6.07) is 62.5. The Labute approximate surface area is 293 Å². The molecule has 0 bridgehead atoms. The number of aromatic nitrogens is 3. The van der Waals surface area contributed by atoms with Gasteiger partial charge in [-0.15, -0.1) is 11.3 Å². The molecule has 0 aliphatic heterocycles. The van der Waals surface area contributed by atoms with Crippen molar-refractivity contribution in [2.45, 2.75) is 0 Å². The van der Waals surface area contributed by atoms with Gasteiger partial charge in [-0.2, -0.15) is 0 Å². The third kappa shape index (κ3) is 4.80. The summed E-state index contributed by atoms with van der Waals surface area (Å²) in [7, 11) is 0. The van der Waals surface area contributed by atoms with Gasteiger partial charge in [-0.05, 0) is 65.7 Å². The number of fused-ring (bicyclic) bond motifs is 6. The number of hydrogen-bond acceptors (Lipinski definition) is 3. The van der Waals surface area contributed by atoms with Crippen LogP contribution in [-0.4, -0.2) is 14.5 Å². The number of hydrogen-bond donors (Lipinski definition) is 0. The maximum atomic E-state index is 5.21. The highest BCUT2D eigenvalue weighted by molar-refractivity contribution is 7.25. The third-order valence-electron chi connectivity index (χ3n) is 9.61. The molecule has 10 rings (SSSR count). The molecule has 3 heterocycles. The van der Waals surface area contributed by atoms with Gasteiger partial charge >= 0.3 is 0 Å². The number of benzene rings is 7. The Balaban J connectivity index is 1.11. The molecule has 0 spiro atoms. The van der Waals surface area contributed by atoms with Crippen LogP contribution in [0.4, 0.5) is 0 Å². The topological polar surface area (TPSA) is 30.7 Å². The lowest BCUT2D eigenvalue weighted by Crippen LogP contribution is -1.96. The van der Waals surface area contributed by atoms with Crippen molar-refractivity contribution in [1.29, 1.82) is 0 Å². The molecule has 4 heteroatoms. The lowest BCUT2D eigenvalue weighted by atomic mass is 10.00. The molecule has 0 aliphatic rings. The molecule has 0 saturated heterocycles. The average Bonchev–Trinajstić information content (AvgIpc) is 3.73. The van der Waals surface area contributed by atoms with E-state index in [1.807, 2.05) is 17.4 Å². The van der Waals surface area contributed by atoms with E-state index >= 15 is 0 Å². The van der Waals surface area contributed by atoms with Crippen LogP contribution in [0.3, 0.4) is 0 Å². The molecule has 0 atom stereocenters. The zero-order valence-electron chi connectivity index (χ0n) is 27.0. The summed E-state index contributed by atoms with van der Waals surface area (Å²) in [6.07, 6.45) is 0. The molecule has 0 aliphatic carbocycles. The van der Waals surface area contributed by atoms with E-state index in [4.69, 9.17) is 9.97 Å². The number of rotatable bonds is 5. The first-order chi connectivity index (χ1) is 24.8. The summed E-state index contributed by atoms with van der Waals surface area (Å²) in [6.45, 7) is 0. The summed E-state index contributed by atoms with van der Waals surface area (Å²) in [5.41, 5.74) is 10.8. The highest BCUT2D eigenvalue weighted by Gasteiger charge is 2.15. The summed E-state index contributed by atoms with van der Waals surface area (Å²) in [4.78, 5) is 10.4. The van der Waals surface area contributed by atoms with Crippen molar-refractivity contribution in [3.05, 3.63) is 176 Å². The molecule has 0 N–H and O–H groups in total. The highest BCUT2D eigenvalue weighted by atomic mass is 32.1. The minimum absolute atomic E-state index is 0.710. The molecule has 50 heavy (non-hydrogen) atoms. The SMILES string of the molecule is c1ccc(-c2cc(-c3ccc4c(c3)sc3ccccc34)nc(-c3cccc(-c4ccc5c(c4)c4ccccc4n5-c4ccccc4)c3)n2)cc1. The second-order valence-electron chi connectivity index (χ2n) is 12.6. The second-order valence-corrected chi connectivity index (χ2v) is 13.7. The predicted octanol–water partition coefficient (Wildman–Crippen LogP) is 12.6. The molecule has 3 nitrogen and oxygen atoms in total. The number of para-hydroxylation sites is 2. The van der Waals surface area contributed by atoms with Crippen LogP contribution in [0.25, 0.3) is 92.7 Å². The van der Waals surface area contributed by atoms with Crippen molar-refractivity contribution in [1.82, 2.24) is 14.5 Å². The first kappa shape index (κ1) is 28.6. The van der Waals surface area contributed by atoms with Crippen LogP contribution in [0.5, 0.6) is 0 Å². The zero-order chi connectivity index (χ0) is 33.0. The van der Waals surface area contributed by atoms with Gasteiger partial charge in [0, 0.05) is 53.3 Å². The Morgan fingerprint density at radius 3 is 1.84 bits per heavy atom. The van der Waals surface area contributed by atoms with Crippen molar-refractivity contribution in [2.24, 2.45) is 0 Å². The van der Waals surface area contributed by atoms with Crippen LogP contribution in [0.15, 0.2) is 176 Å². The normalized spacial score (nSPS) is 11.6. The van der Waals surface area contributed by atoms with Gasteiger partial charge in [-0.3, -0.25) is 0 Å².